The normalized spacial score (nSPS) is 17.0. The van der Waals surface area contributed by atoms with Gasteiger partial charge in [0.1, 0.15) is 5.52 Å². The van der Waals surface area contributed by atoms with Crippen molar-refractivity contribution in [1.29, 1.82) is 0 Å². The third kappa shape index (κ3) is 2.93. The van der Waals surface area contributed by atoms with Gasteiger partial charge in [-0.3, -0.25) is 4.79 Å². The molecule has 4 aromatic rings. The monoisotopic (exact) mass is 394 g/mol. The molecule has 8 heteroatoms. The highest BCUT2D eigenvalue weighted by atomic mass is 35.5. The lowest BCUT2D eigenvalue weighted by molar-refractivity contribution is -0.117. The smallest absolute Gasteiger partial charge is 0.232 e. The van der Waals surface area contributed by atoms with Crippen LogP contribution in [0.25, 0.3) is 22.5 Å². The van der Waals surface area contributed by atoms with Gasteiger partial charge in [-0.15, -0.1) is 0 Å². The van der Waals surface area contributed by atoms with E-state index < -0.39 is 0 Å². The number of nitrogens with zero attached hydrogens (tertiary/aromatic N) is 4. The standard InChI is InChI=1S/C20H15ClN4O3/c1-11-22-16-7-12(5-6-17(16)27-11)19-23-20(28-24-19)13-8-18(26)25(10-13)15-4-2-3-14(21)9-15/h2-7,9,13H,8,10H2,1H3. The highest BCUT2D eigenvalue weighted by molar-refractivity contribution is 6.30. The molecule has 0 N–H and O–H groups in total. The molecule has 1 fully saturated rings. The van der Waals surface area contributed by atoms with Gasteiger partial charge < -0.3 is 13.8 Å². The second-order valence-electron chi connectivity index (χ2n) is 6.76. The van der Waals surface area contributed by atoms with E-state index in [9.17, 15) is 4.79 Å². The molecule has 1 atom stereocenters. The van der Waals surface area contributed by atoms with E-state index in [1.165, 1.54) is 0 Å². The van der Waals surface area contributed by atoms with E-state index in [2.05, 4.69) is 15.1 Å². The maximum atomic E-state index is 12.5. The first kappa shape index (κ1) is 16.9. The number of hydrogen-bond donors (Lipinski definition) is 0. The highest BCUT2D eigenvalue weighted by Crippen LogP contribution is 2.33. The predicted molar refractivity (Wildman–Crippen MR) is 103 cm³/mol. The second-order valence-corrected chi connectivity index (χ2v) is 7.19. The van der Waals surface area contributed by atoms with Gasteiger partial charge >= 0.3 is 0 Å². The lowest BCUT2D eigenvalue weighted by atomic mass is 10.1. The Balaban J connectivity index is 1.40. The number of hydrogen-bond acceptors (Lipinski definition) is 6. The average molecular weight is 395 g/mol. The number of fused-ring (bicyclic) bond motifs is 1. The van der Waals surface area contributed by atoms with Crippen molar-refractivity contribution in [3.63, 3.8) is 0 Å². The summed E-state index contributed by atoms with van der Waals surface area (Å²) < 4.78 is 11.0. The minimum absolute atomic E-state index is 0.00603. The first-order chi connectivity index (χ1) is 13.6. The van der Waals surface area contributed by atoms with Crippen LogP contribution >= 0.6 is 11.6 Å². The number of aromatic nitrogens is 3. The number of anilines is 1. The van der Waals surface area contributed by atoms with Crippen LogP contribution in [0.5, 0.6) is 0 Å². The Hall–Kier alpha value is -3.19. The average Bonchev–Trinajstić information content (AvgIpc) is 3.38. The zero-order valence-corrected chi connectivity index (χ0v) is 15.7. The Kier molecular flexibility index (Phi) is 3.91. The molecule has 5 rings (SSSR count). The van der Waals surface area contributed by atoms with Gasteiger partial charge in [-0.2, -0.15) is 4.98 Å². The number of amides is 1. The van der Waals surface area contributed by atoms with Crippen LogP contribution in [0, 0.1) is 6.92 Å². The lowest BCUT2D eigenvalue weighted by Crippen LogP contribution is -2.24. The first-order valence-corrected chi connectivity index (χ1v) is 9.22. The van der Waals surface area contributed by atoms with Crippen LogP contribution in [0.1, 0.15) is 24.1 Å². The minimum atomic E-state index is -0.161. The van der Waals surface area contributed by atoms with Gasteiger partial charge in [0.2, 0.25) is 17.6 Å². The van der Waals surface area contributed by atoms with Crippen molar-refractivity contribution in [3.8, 4) is 11.4 Å². The van der Waals surface area contributed by atoms with E-state index in [-0.39, 0.29) is 11.8 Å². The summed E-state index contributed by atoms with van der Waals surface area (Å²) in [5, 5.41) is 4.68. The van der Waals surface area contributed by atoms with Crippen molar-refractivity contribution in [1.82, 2.24) is 15.1 Å². The summed E-state index contributed by atoms with van der Waals surface area (Å²) in [4.78, 5) is 23.0. The highest BCUT2D eigenvalue weighted by Gasteiger charge is 2.35. The van der Waals surface area contributed by atoms with E-state index in [0.717, 1.165) is 16.8 Å². The molecule has 3 heterocycles. The van der Waals surface area contributed by atoms with Crippen molar-refractivity contribution in [2.75, 3.05) is 11.4 Å². The Labute approximate surface area is 164 Å². The van der Waals surface area contributed by atoms with Crippen molar-refractivity contribution in [3.05, 3.63) is 59.3 Å². The molecular weight excluding hydrogens is 380 g/mol. The van der Waals surface area contributed by atoms with E-state index in [1.54, 1.807) is 24.0 Å². The van der Waals surface area contributed by atoms with Crippen molar-refractivity contribution in [2.24, 2.45) is 0 Å². The number of halogens is 1. The molecule has 28 heavy (non-hydrogen) atoms. The van der Waals surface area contributed by atoms with Gasteiger partial charge in [-0.1, -0.05) is 22.8 Å². The fourth-order valence-electron chi connectivity index (χ4n) is 3.47. The summed E-state index contributed by atoms with van der Waals surface area (Å²) in [7, 11) is 0. The summed E-state index contributed by atoms with van der Waals surface area (Å²) in [5.41, 5.74) is 3.01. The van der Waals surface area contributed by atoms with Crippen LogP contribution < -0.4 is 4.90 Å². The van der Waals surface area contributed by atoms with Crippen molar-refractivity contribution >= 4 is 34.3 Å². The Morgan fingerprint density at radius 1 is 1.18 bits per heavy atom. The summed E-state index contributed by atoms with van der Waals surface area (Å²) in [6.45, 7) is 2.28. The molecule has 140 valence electrons. The van der Waals surface area contributed by atoms with Crippen LogP contribution in [0.3, 0.4) is 0 Å². The number of rotatable bonds is 3. The van der Waals surface area contributed by atoms with Gasteiger partial charge in [-0.05, 0) is 36.4 Å². The Bertz CT molecular complexity index is 1200. The quantitative estimate of drug-likeness (QED) is 0.513. The summed E-state index contributed by atoms with van der Waals surface area (Å²) in [5.74, 6) is 1.36. The third-order valence-corrected chi connectivity index (χ3v) is 5.02. The van der Waals surface area contributed by atoms with E-state index in [1.807, 2.05) is 30.3 Å². The van der Waals surface area contributed by atoms with Gasteiger partial charge in [-0.25, -0.2) is 4.98 Å². The van der Waals surface area contributed by atoms with E-state index in [4.69, 9.17) is 20.5 Å². The molecule has 1 amide bonds. The molecule has 0 bridgehead atoms. The molecule has 0 radical (unpaired) electrons. The van der Waals surface area contributed by atoms with Crippen LogP contribution in [0.4, 0.5) is 5.69 Å². The number of oxazole rings is 1. The maximum absolute atomic E-state index is 12.5. The van der Waals surface area contributed by atoms with E-state index in [0.29, 0.717) is 41.2 Å². The van der Waals surface area contributed by atoms with Crippen LogP contribution in [-0.2, 0) is 4.79 Å². The first-order valence-electron chi connectivity index (χ1n) is 8.84. The van der Waals surface area contributed by atoms with E-state index >= 15 is 0 Å². The molecule has 1 aliphatic heterocycles. The molecule has 1 unspecified atom stereocenters. The molecular formula is C20H15ClN4O3. The predicted octanol–water partition coefficient (Wildman–Crippen LogP) is 4.36. The summed E-state index contributed by atoms with van der Waals surface area (Å²) >= 11 is 6.05. The zero-order valence-electron chi connectivity index (χ0n) is 14.9. The van der Waals surface area contributed by atoms with Crippen LogP contribution in [0.2, 0.25) is 5.02 Å². The molecule has 2 aromatic carbocycles. The molecule has 7 nitrogen and oxygen atoms in total. The number of aryl methyl sites for hydroxylation is 1. The zero-order chi connectivity index (χ0) is 19.3. The van der Waals surface area contributed by atoms with Gasteiger partial charge in [0.25, 0.3) is 0 Å². The van der Waals surface area contributed by atoms with Crippen molar-refractivity contribution in [2.45, 2.75) is 19.3 Å². The molecule has 0 saturated carbocycles. The summed E-state index contributed by atoms with van der Waals surface area (Å²) in [6, 6.07) is 12.8. The molecule has 1 aliphatic rings. The van der Waals surface area contributed by atoms with Gasteiger partial charge in [0, 0.05) is 36.2 Å². The molecule has 0 spiro atoms. The Morgan fingerprint density at radius 2 is 2.07 bits per heavy atom. The number of carbonyl (C=O) groups is 1. The Morgan fingerprint density at radius 3 is 2.93 bits per heavy atom. The summed E-state index contributed by atoms with van der Waals surface area (Å²) in [6.07, 6.45) is 0.315. The number of benzene rings is 2. The SMILES string of the molecule is Cc1nc2cc(-c3noc(C4CC(=O)N(c5cccc(Cl)c5)C4)n3)ccc2o1. The second kappa shape index (κ2) is 6.45. The molecule has 2 aromatic heterocycles. The fraction of sp³-hybridized carbons (Fsp3) is 0.200. The largest absolute Gasteiger partial charge is 0.441 e. The minimum Gasteiger partial charge on any atom is -0.441 e. The van der Waals surface area contributed by atoms with Crippen LogP contribution in [0.15, 0.2) is 51.4 Å². The third-order valence-electron chi connectivity index (χ3n) is 4.79. The number of carbonyl (C=O) groups excluding carboxylic acids is 1. The lowest BCUT2D eigenvalue weighted by Gasteiger charge is -2.16. The van der Waals surface area contributed by atoms with Gasteiger partial charge in [0.05, 0.1) is 5.92 Å². The topological polar surface area (TPSA) is 85.3 Å². The van der Waals surface area contributed by atoms with Crippen LogP contribution in [-0.4, -0.2) is 27.6 Å². The molecule has 0 aliphatic carbocycles. The van der Waals surface area contributed by atoms with Crippen molar-refractivity contribution < 1.29 is 13.7 Å². The fourth-order valence-corrected chi connectivity index (χ4v) is 3.65. The molecule has 1 saturated heterocycles. The maximum Gasteiger partial charge on any atom is 0.232 e. The van der Waals surface area contributed by atoms with Gasteiger partial charge in [0.15, 0.2) is 11.5 Å².